The predicted octanol–water partition coefficient (Wildman–Crippen LogP) is 3.35. The molecule has 2 heterocycles. The molecule has 1 aromatic heterocycles. The van der Waals surface area contributed by atoms with Crippen molar-refractivity contribution in [1.29, 1.82) is 0 Å². The Balaban J connectivity index is 1.61. The van der Waals surface area contributed by atoms with Gasteiger partial charge in [-0.15, -0.1) is 0 Å². The van der Waals surface area contributed by atoms with Crippen molar-refractivity contribution in [3.8, 4) is 0 Å². The van der Waals surface area contributed by atoms with Gasteiger partial charge >= 0.3 is 0 Å². The summed E-state index contributed by atoms with van der Waals surface area (Å²) in [6, 6.07) is 0.815. The molecule has 4 heteroatoms. The lowest BCUT2D eigenvalue weighted by atomic mass is 10.1. The number of thioether (sulfide) groups is 1. The maximum atomic E-state index is 4.79. The molecular weight excluding hydrogens is 266 g/mol. The summed E-state index contributed by atoms with van der Waals surface area (Å²) in [6.07, 6.45) is 7.60. The summed E-state index contributed by atoms with van der Waals surface area (Å²) in [4.78, 5) is 9.58. The van der Waals surface area contributed by atoms with Gasteiger partial charge in [0.2, 0.25) is 0 Å². The minimum absolute atomic E-state index is 0.540. The van der Waals surface area contributed by atoms with Crippen LogP contribution in [0.2, 0.25) is 0 Å². The van der Waals surface area contributed by atoms with Gasteiger partial charge in [0.15, 0.2) is 0 Å². The summed E-state index contributed by atoms with van der Waals surface area (Å²) in [5, 5.41) is 4.12. The molecule has 0 bridgehead atoms. The molecule has 1 saturated heterocycles. The molecule has 110 valence electrons. The van der Waals surface area contributed by atoms with Gasteiger partial charge in [-0.3, -0.25) is 0 Å². The Morgan fingerprint density at radius 2 is 1.90 bits per heavy atom. The van der Waals surface area contributed by atoms with E-state index in [0.717, 1.165) is 24.8 Å². The molecule has 3 nitrogen and oxygen atoms in total. The molecule has 20 heavy (non-hydrogen) atoms. The third-order valence-corrected chi connectivity index (χ3v) is 5.64. The highest BCUT2D eigenvalue weighted by atomic mass is 32.2. The van der Waals surface area contributed by atoms with E-state index in [9.17, 15) is 0 Å². The summed E-state index contributed by atoms with van der Waals surface area (Å²) >= 11 is 2.02. The van der Waals surface area contributed by atoms with Crippen LogP contribution in [-0.2, 0) is 6.42 Å². The average Bonchev–Trinajstić information content (AvgIpc) is 3.08. The highest BCUT2D eigenvalue weighted by Crippen LogP contribution is 2.38. The quantitative estimate of drug-likeness (QED) is 0.816. The van der Waals surface area contributed by atoms with Crippen LogP contribution in [-0.4, -0.2) is 28.3 Å². The first-order valence-electron chi connectivity index (χ1n) is 7.93. The van der Waals surface area contributed by atoms with Crippen molar-refractivity contribution in [2.75, 3.05) is 12.3 Å². The monoisotopic (exact) mass is 291 g/mol. The maximum absolute atomic E-state index is 4.79. The molecule has 0 amide bonds. The third kappa shape index (κ3) is 3.53. The normalized spacial score (nSPS) is 22.4. The topological polar surface area (TPSA) is 37.8 Å². The van der Waals surface area contributed by atoms with Gasteiger partial charge in [0.1, 0.15) is 5.82 Å². The zero-order chi connectivity index (χ0) is 13.9. The summed E-state index contributed by atoms with van der Waals surface area (Å²) < 4.78 is 0. The van der Waals surface area contributed by atoms with Crippen molar-refractivity contribution >= 4 is 11.8 Å². The molecule has 2 fully saturated rings. The van der Waals surface area contributed by atoms with Gasteiger partial charge in [0.05, 0.1) is 5.25 Å². The number of nitrogens with zero attached hydrogens (tertiary/aromatic N) is 2. The molecule has 2 aliphatic rings. The summed E-state index contributed by atoms with van der Waals surface area (Å²) in [5.41, 5.74) is 3.77. The van der Waals surface area contributed by atoms with Gasteiger partial charge in [-0.2, -0.15) is 11.8 Å². The van der Waals surface area contributed by atoms with Crippen LogP contribution in [0.4, 0.5) is 0 Å². The molecule has 0 aromatic carbocycles. The lowest BCUT2D eigenvalue weighted by molar-refractivity contribution is 0.640. The van der Waals surface area contributed by atoms with Crippen LogP contribution in [0, 0.1) is 13.8 Å². The standard InChI is InChI=1S/C16H25N3S/c1-11-14(5-3-9-17-13-7-8-13)12(2)19-16(18-11)15-6-4-10-20-15/h13,15,17H,3-10H2,1-2H3. The molecule has 1 saturated carbocycles. The van der Waals surface area contributed by atoms with Crippen LogP contribution >= 0.6 is 11.8 Å². The fraction of sp³-hybridized carbons (Fsp3) is 0.750. The van der Waals surface area contributed by atoms with Gasteiger partial charge in [-0.25, -0.2) is 9.97 Å². The SMILES string of the molecule is Cc1nc(C2CCCS2)nc(C)c1CCCNC1CC1. The second kappa shape index (κ2) is 6.44. The number of rotatable bonds is 6. The largest absolute Gasteiger partial charge is 0.314 e. The summed E-state index contributed by atoms with van der Waals surface area (Å²) in [6.45, 7) is 5.44. The van der Waals surface area contributed by atoms with Crippen molar-refractivity contribution in [3.63, 3.8) is 0 Å². The van der Waals surface area contributed by atoms with Gasteiger partial charge < -0.3 is 5.32 Å². The number of hydrogen-bond acceptors (Lipinski definition) is 4. The van der Waals surface area contributed by atoms with Crippen LogP contribution in [0.1, 0.15) is 60.1 Å². The van der Waals surface area contributed by atoms with Crippen molar-refractivity contribution in [3.05, 3.63) is 22.8 Å². The fourth-order valence-electron chi connectivity index (χ4n) is 2.91. The number of aromatic nitrogens is 2. The van der Waals surface area contributed by atoms with E-state index < -0.39 is 0 Å². The van der Waals surface area contributed by atoms with E-state index in [4.69, 9.17) is 9.97 Å². The molecular formula is C16H25N3S. The molecule has 1 aromatic rings. The predicted molar refractivity (Wildman–Crippen MR) is 85.3 cm³/mol. The lowest BCUT2D eigenvalue weighted by Gasteiger charge is -2.14. The van der Waals surface area contributed by atoms with E-state index in [2.05, 4.69) is 19.2 Å². The highest BCUT2D eigenvalue weighted by Gasteiger charge is 2.22. The number of nitrogens with one attached hydrogen (secondary N) is 1. The smallest absolute Gasteiger partial charge is 0.141 e. The zero-order valence-electron chi connectivity index (χ0n) is 12.6. The average molecular weight is 291 g/mol. The summed E-state index contributed by atoms with van der Waals surface area (Å²) in [7, 11) is 0. The molecule has 1 aliphatic carbocycles. The molecule has 1 N–H and O–H groups in total. The first-order valence-corrected chi connectivity index (χ1v) is 8.98. The zero-order valence-corrected chi connectivity index (χ0v) is 13.4. The first-order chi connectivity index (χ1) is 9.74. The van der Waals surface area contributed by atoms with Crippen LogP contribution in [0.3, 0.4) is 0 Å². The number of hydrogen-bond donors (Lipinski definition) is 1. The van der Waals surface area contributed by atoms with E-state index in [-0.39, 0.29) is 0 Å². The van der Waals surface area contributed by atoms with E-state index in [0.29, 0.717) is 5.25 Å². The van der Waals surface area contributed by atoms with E-state index in [1.807, 2.05) is 11.8 Å². The summed E-state index contributed by atoms with van der Waals surface area (Å²) in [5.74, 6) is 2.34. The molecule has 1 atom stereocenters. The first kappa shape index (κ1) is 14.3. The second-order valence-electron chi connectivity index (χ2n) is 6.06. The Hall–Kier alpha value is -0.610. The van der Waals surface area contributed by atoms with Crippen LogP contribution in [0.25, 0.3) is 0 Å². The van der Waals surface area contributed by atoms with E-state index >= 15 is 0 Å². The molecule has 3 rings (SSSR count). The number of aryl methyl sites for hydroxylation is 2. The molecule has 1 aliphatic heterocycles. The van der Waals surface area contributed by atoms with Crippen molar-refractivity contribution in [1.82, 2.24) is 15.3 Å². The van der Waals surface area contributed by atoms with E-state index in [1.165, 1.54) is 54.8 Å². The molecule has 0 radical (unpaired) electrons. The maximum Gasteiger partial charge on any atom is 0.141 e. The minimum atomic E-state index is 0.540. The Morgan fingerprint density at radius 3 is 2.50 bits per heavy atom. The van der Waals surface area contributed by atoms with Crippen molar-refractivity contribution < 1.29 is 0 Å². The highest BCUT2D eigenvalue weighted by molar-refractivity contribution is 7.99. The lowest BCUT2D eigenvalue weighted by Crippen LogP contribution is -2.18. The Labute approximate surface area is 126 Å². The Morgan fingerprint density at radius 1 is 1.15 bits per heavy atom. The fourth-order valence-corrected chi connectivity index (χ4v) is 4.12. The Kier molecular flexibility index (Phi) is 4.61. The van der Waals surface area contributed by atoms with Gasteiger partial charge in [0.25, 0.3) is 0 Å². The molecule has 1 unspecified atom stereocenters. The van der Waals surface area contributed by atoms with Gasteiger partial charge in [0, 0.05) is 17.4 Å². The Bertz CT molecular complexity index is 442. The third-order valence-electron chi connectivity index (χ3n) is 4.27. The van der Waals surface area contributed by atoms with Crippen molar-refractivity contribution in [2.24, 2.45) is 0 Å². The minimum Gasteiger partial charge on any atom is -0.314 e. The van der Waals surface area contributed by atoms with Crippen LogP contribution < -0.4 is 5.32 Å². The van der Waals surface area contributed by atoms with Gasteiger partial charge in [-0.1, -0.05) is 0 Å². The second-order valence-corrected chi connectivity index (χ2v) is 7.38. The molecule has 0 spiro atoms. The van der Waals surface area contributed by atoms with Crippen molar-refractivity contribution in [2.45, 2.75) is 63.7 Å². The van der Waals surface area contributed by atoms with Gasteiger partial charge in [-0.05, 0) is 70.2 Å². The van der Waals surface area contributed by atoms with E-state index in [1.54, 1.807) is 0 Å². The van der Waals surface area contributed by atoms with Crippen LogP contribution in [0.15, 0.2) is 0 Å². The van der Waals surface area contributed by atoms with Crippen LogP contribution in [0.5, 0.6) is 0 Å².